The molecule has 0 saturated carbocycles. The van der Waals surface area contributed by atoms with Crippen LogP contribution in [-0.2, 0) is 5.41 Å². The first-order valence-corrected chi connectivity index (χ1v) is 12.8. The minimum atomic E-state index is -0.556. The van der Waals surface area contributed by atoms with Gasteiger partial charge in [0.2, 0.25) is 0 Å². The van der Waals surface area contributed by atoms with Gasteiger partial charge in [-0.05, 0) is 93.0 Å². The van der Waals surface area contributed by atoms with Gasteiger partial charge in [-0.2, -0.15) is 0 Å². The lowest BCUT2D eigenvalue weighted by molar-refractivity contribution is 0.0762. The molecule has 0 aromatic heterocycles. The third-order valence-corrected chi connectivity index (χ3v) is 8.38. The van der Waals surface area contributed by atoms with E-state index in [4.69, 9.17) is 11.6 Å². The number of hydrogen-bond acceptors (Lipinski definition) is 4. The van der Waals surface area contributed by atoms with Gasteiger partial charge in [0.05, 0.1) is 5.41 Å². The van der Waals surface area contributed by atoms with Crippen LogP contribution in [0.5, 0.6) is 0 Å². The number of carbonyl (C=O) groups is 2. The van der Waals surface area contributed by atoms with Gasteiger partial charge in [0, 0.05) is 32.4 Å². The zero-order valence-corrected chi connectivity index (χ0v) is 20.3. The largest absolute Gasteiger partial charge is 0.303 e. The summed E-state index contributed by atoms with van der Waals surface area (Å²) < 4.78 is 13.1. The van der Waals surface area contributed by atoms with Crippen LogP contribution in [0.15, 0.2) is 76.5 Å². The molecule has 0 atom stereocenters. The van der Waals surface area contributed by atoms with Crippen LogP contribution < -0.4 is 0 Å². The molecular formula is C28H25ClFNO2S. The zero-order valence-electron chi connectivity index (χ0n) is 18.7. The molecule has 0 radical (unpaired) electrons. The lowest BCUT2D eigenvalue weighted by Crippen LogP contribution is -2.47. The quantitative estimate of drug-likeness (QED) is 0.365. The predicted octanol–water partition coefficient (Wildman–Crippen LogP) is 6.82. The second-order valence-corrected chi connectivity index (χ2v) is 10.5. The van der Waals surface area contributed by atoms with Gasteiger partial charge in [0.15, 0.2) is 11.6 Å². The molecule has 0 aliphatic carbocycles. The average molecular weight is 494 g/mol. The maximum Gasteiger partial charge on any atom is 0.174 e. The summed E-state index contributed by atoms with van der Waals surface area (Å²) in [6.45, 7) is 2.40. The third kappa shape index (κ3) is 4.45. The van der Waals surface area contributed by atoms with Gasteiger partial charge in [-0.3, -0.25) is 9.59 Å². The van der Waals surface area contributed by atoms with Crippen molar-refractivity contribution in [2.45, 2.75) is 40.9 Å². The molecular weight excluding hydrogens is 469 g/mol. The summed E-state index contributed by atoms with van der Waals surface area (Å²) >= 11 is 7.92. The van der Waals surface area contributed by atoms with Crippen molar-refractivity contribution in [2.24, 2.45) is 0 Å². The Bertz CT molecular complexity index is 1240. The van der Waals surface area contributed by atoms with Crippen LogP contribution in [0.4, 0.5) is 4.39 Å². The van der Waals surface area contributed by atoms with E-state index in [-0.39, 0.29) is 17.4 Å². The Morgan fingerprint density at radius 3 is 2.50 bits per heavy atom. The number of nitrogens with zero attached hydrogens (tertiary/aromatic N) is 1. The number of carbonyl (C=O) groups excluding carboxylic acids is 2. The Kier molecular flexibility index (Phi) is 6.61. The van der Waals surface area contributed by atoms with E-state index in [0.717, 1.165) is 54.3 Å². The minimum absolute atomic E-state index is 0.0341. The molecule has 0 amide bonds. The van der Waals surface area contributed by atoms with Crippen molar-refractivity contribution < 1.29 is 14.0 Å². The van der Waals surface area contributed by atoms with E-state index >= 15 is 0 Å². The van der Waals surface area contributed by atoms with Crippen LogP contribution in [0.25, 0.3) is 0 Å². The minimum Gasteiger partial charge on any atom is -0.303 e. The highest BCUT2D eigenvalue weighted by molar-refractivity contribution is 7.99. The summed E-state index contributed by atoms with van der Waals surface area (Å²) in [5, 5.41) is 0.581. The molecule has 2 heterocycles. The van der Waals surface area contributed by atoms with Crippen LogP contribution in [0.2, 0.25) is 5.02 Å². The van der Waals surface area contributed by atoms with Gasteiger partial charge >= 0.3 is 0 Å². The van der Waals surface area contributed by atoms with Crippen molar-refractivity contribution in [3.05, 3.63) is 94.3 Å². The molecule has 6 heteroatoms. The molecule has 1 saturated heterocycles. The predicted molar refractivity (Wildman–Crippen MR) is 134 cm³/mol. The first kappa shape index (κ1) is 23.3. The van der Waals surface area contributed by atoms with Gasteiger partial charge in [-0.25, -0.2) is 4.39 Å². The SMILES string of the molecule is O=C(CCCN1CCC2(CC1)C(=O)c1cc(Cl)ccc1Sc1ccccc12)c1ccc(F)cc1. The van der Waals surface area contributed by atoms with Crippen molar-refractivity contribution in [3.63, 3.8) is 0 Å². The standard InChI is InChI=1S/C28H25ClFNO2S/c29-20-9-12-25-22(18-20)27(33)28(23-4-1-2-6-26(23)34-25)13-16-31(17-14-28)15-3-5-24(32)19-7-10-21(30)11-8-19/h1-2,4,6-12,18H,3,5,13-17H2. The molecule has 0 bridgehead atoms. The highest BCUT2D eigenvalue weighted by Gasteiger charge is 2.46. The molecule has 2 aliphatic heterocycles. The molecule has 34 heavy (non-hydrogen) atoms. The van der Waals surface area contributed by atoms with Gasteiger partial charge < -0.3 is 4.90 Å². The van der Waals surface area contributed by atoms with E-state index in [9.17, 15) is 14.0 Å². The summed E-state index contributed by atoms with van der Waals surface area (Å²) in [6, 6.07) is 19.6. The van der Waals surface area contributed by atoms with Crippen molar-refractivity contribution >= 4 is 34.9 Å². The van der Waals surface area contributed by atoms with Crippen LogP contribution in [0, 0.1) is 5.82 Å². The van der Waals surface area contributed by atoms with Crippen molar-refractivity contribution in [2.75, 3.05) is 19.6 Å². The Balaban J connectivity index is 1.29. The molecule has 1 fully saturated rings. The third-order valence-electron chi connectivity index (χ3n) is 7.00. The number of Topliss-reactive ketones (excluding diaryl/α,β-unsaturated/α-hetero) is 2. The Hall–Kier alpha value is -2.47. The Morgan fingerprint density at radius 1 is 1.00 bits per heavy atom. The average Bonchev–Trinajstić information content (AvgIpc) is 2.94. The summed E-state index contributed by atoms with van der Waals surface area (Å²) in [5.41, 5.74) is 1.82. The number of benzene rings is 3. The van der Waals surface area contributed by atoms with Crippen LogP contribution in [-0.4, -0.2) is 36.1 Å². The normalized spacial score (nSPS) is 17.2. The molecule has 3 nitrogen and oxygen atoms in total. The molecule has 3 aromatic carbocycles. The number of rotatable bonds is 5. The van der Waals surface area contributed by atoms with Crippen LogP contribution in [0.1, 0.15) is 52.0 Å². The number of fused-ring (bicyclic) bond motifs is 3. The smallest absolute Gasteiger partial charge is 0.174 e. The summed E-state index contributed by atoms with van der Waals surface area (Å²) in [5.74, 6) is -0.142. The second kappa shape index (κ2) is 9.65. The second-order valence-electron chi connectivity index (χ2n) is 9.03. The highest BCUT2D eigenvalue weighted by Crippen LogP contribution is 2.49. The fourth-order valence-corrected chi connectivity index (χ4v) is 6.44. The summed E-state index contributed by atoms with van der Waals surface area (Å²) in [4.78, 5) is 30.8. The van der Waals surface area contributed by atoms with Gasteiger partial charge in [-0.1, -0.05) is 41.6 Å². The fraction of sp³-hybridized carbons (Fsp3) is 0.286. The van der Waals surface area contributed by atoms with Crippen LogP contribution >= 0.6 is 23.4 Å². The fourth-order valence-electron chi connectivity index (χ4n) is 5.12. The number of ketones is 2. The number of likely N-dealkylation sites (tertiary alicyclic amines) is 1. The van der Waals surface area contributed by atoms with Crippen molar-refractivity contribution in [3.8, 4) is 0 Å². The van der Waals surface area contributed by atoms with Crippen LogP contribution in [0.3, 0.4) is 0 Å². The van der Waals surface area contributed by atoms with Gasteiger partial charge in [-0.15, -0.1) is 0 Å². The van der Waals surface area contributed by atoms with E-state index in [1.165, 1.54) is 12.1 Å². The molecule has 0 unspecified atom stereocenters. The Morgan fingerprint density at radius 2 is 1.74 bits per heavy atom. The first-order chi connectivity index (χ1) is 16.5. The lowest BCUT2D eigenvalue weighted by Gasteiger charge is -2.41. The molecule has 174 valence electrons. The van der Waals surface area contributed by atoms with Crippen molar-refractivity contribution in [1.29, 1.82) is 0 Å². The van der Waals surface area contributed by atoms with Gasteiger partial charge in [0.25, 0.3) is 0 Å². The maximum absolute atomic E-state index is 14.0. The summed E-state index contributed by atoms with van der Waals surface area (Å²) in [7, 11) is 0. The molecule has 3 aromatic rings. The van der Waals surface area contributed by atoms with E-state index < -0.39 is 5.41 Å². The highest BCUT2D eigenvalue weighted by atomic mass is 35.5. The molecule has 5 rings (SSSR count). The van der Waals surface area contributed by atoms with E-state index in [1.54, 1.807) is 23.9 Å². The van der Waals surface area contributed by atoms with E-state index in [2.05, 4.69) is 17.0 Å². The maximum atomic E-state index is 14.0. The van der Waals surface area contributed by atoms with E-state index in [1.807, 2.05) is 30.3 Å². The first-order valence-electron chi connectivity index (χ1n) is 11.6. The number of hydrogen-bond donors (Lipinski definition) is 0. The zero-order chi connectivity index (χ0) is 23.7. The lowest BCUT2D eigenvalue weighted by atomic mass is 9.68. The van der Waals surface area contributed by atoms with E-state index in [0.29, 0.717) is 22.6 Å². The Labute approximate surface area is 208 Å². The monoisotopic (exact) mass is 493 g/mol. The number of piperidine rings is 1. The van der Waals surface area contributed by atoms with Gasteiger partial charge in [0.1, 0.15) is 5.82 Å². The molecule has 0 N–H and O–H groups in total. The topological polar surface area (TPSA) is 37.4 Å². The van der Waals surface area contributed by atoms with Crippen molar-refractivity contribution in [1.82, 2.24) is 4.90 Å². The number of halogens is 2. The molecule has 1 spiro atoms. The molecule has 2 aliphatic rings. The summed E-state index contributed by atoms with van der Waals surface area (Å²) in [6.07, 6.45) is 2.64.